The van der Waals surface area contributed by atoms with Gasteiger partial charge in [0, 0.05) is 11.1 Å². The number of tetrazole rings is 1. The summed E-state index contributed by atoms with van der Waals surface area (Å²) in [6.07, 6.45) is 0. The van der Waals surface area contributed by atoms with E-state index >= 15 is 0 Å². The smallest absolute Gasteiger partial charge is 0.214 e. The Labute approximate surface area is 164 Å². The van der Waals surface area contributed by atoms with Crippen LogP contribution in [0.5, 0.6) is 5.75 Å². The maximum Gasteiger partial charge on any atom is 0.214 e. The molecule has 3 aromatic rings. The van der Waals surface area contributed by atoms with Gasteiger partial charge < -0.3 is 4.74 Å². The van der Waals surface area contributed by atoms with Crippen molar-refractivity contribution in [1.29, 1.82) is 5.26 Å². The average molecular weight is 400 g/mol. The van der Waals surface area contributed by atoms with Gasteiger partial charge in [0.25, 0.3) is 0 Å². The van der Waals surface area contributed by atoms with Gasteiger partial charge in [-0.25, -0.2) is 4.98 Å². The number of ketones is 1. The Hall–Kier alpha value is -2.77. The molecular formula is C17H16N6O2S2. The Balaban J connectivity index is 1.79. The molecule has 1 aromatic carbocycles. The van der Waals surface area contributed by atoms with Crippen LogP contribution in [0.15, 0.2) is 28.7 Å². The quantitative estimate of drug-likeness (QED) is 0.557. The number of rotatable bonds is 7. The first-order valence-electron chi connectivity index (χ1n) is 7.94. The molecule has 0 bridgehead atoms. The number of thioether (sulfide) groups is 1. The van der Waals surface area contributed by atoms with E-state index in [4.69, 9.17) is 4.74 Å². The molecule has 0 spiro atoms. The molecule has 0 fully saturated rings. The minimum Gasteiger partial charge on any atom is -0.494 e. The van der Waals surface area contributed by atoms with Gasteiger partial charge in [-0.2, -0.15) is 9.94 Å². The van der Waals surface area contributed by atoms with Gasteiger partial charge in [0.1, 0.15) is 16.4 Å². The Bertz CT molecular complexity index is 1010. The monoisotopic (exact) mass is 400 g/mol. The first kappa shape index (κ1) is 19.0. The van der Waals surface area contributed by atoms with Crippen LogP contribution in [-0.4, -0.2) is 43.8 Å². The molecule has 0 radical (unpaired) electrons. The summed E-state index contributed by atoms with van der Waals surface area (Å²) in [6.45, 7) is 3.79. The molecule has 3 rings (SSSR count). The number of hydrogen-bond acceptors (Lipinski definition) is 9. The number of benzene rings is 1. The number of nitriles is 1. The second-order valence-electron chi connectivity index (χ2n) is 5.69. The number of carbonyl (C=O) groups excluding carboxylic acids is 1. The van der Waals surface area contributed by atoms with Gasteiger partial charge in [-0.3, -0.25) is 4.79 Å². The normalized spacial score (nSPS) is 11.8. The molecule has 0 saturated heterocycles. The summed E-state index contributed by atoms with van der Waals surface area (Å²) in [5, 5.41) is 23.9. The minimum absolute atomic E-state index is 0.0609. The van der Waals surface area contributed by atoms with Crippen molar-refractivity contribution in [3.8, 4) is 17.5 Å². The number of thiazole rings is 1. The van der Waals surface area contributed by atoms with Gasteiger partial charge in [-0.1, -0.05) is 17.8 Å². The van der Waals surface area contributed by atoms with Gasteiger partial charge in [-0.15, -0.1) is 16.4 Å². The predicted molar refractivity (Wildman–Crippen MR) is 101 cm³/mol. The molecule has 0 amide bonds. The standard InChI is InChI=1S/C17H16N6O2S2/c1-10-4-5-15(25-3)13(6-10)23-17(20-21-22-23)27-9-14(24)12(7-18)16-19-11(2)8-26-16/h4-6,8,12H,9H2,1-3H3/t12-/m1/s1. The predicted octanol–water partition coefficient (Wildman–Crippen LogP) is 2.71. The zero-order valence-electron chi connectivity index (χ0n) is 14.9. The Morgan fingerprint density at radius 2 is 2.26 bits per heavy atom. The number of carbonyl (C=O) groups is 1. The van der Waals surface area contributed by atoms with Crippen molar-refractivity contribution in [2.24, 2.45) is 0 Å². The van der Waals surface area contributed by atoms with Gasteiger partial charge in [0.05, 0.1) is 18.9 Å². The SMILES string of the molecule is COc1ccc(C)cc1-n1nnnc1SCC(=O)[C@@H](C#N)c1nc(C)cs1. The summed E-state index contributed by atoms with van der Waals surface area (Å²) >= 11 is 2.49. The second kappa shape index (κ2) is 8.28. The van der Waals surface area contributed by atoms with E-state index in [2.05, 4.69) is 20.5 Å². The highest BCUT2D eigenvalue weighted by Gasteiger charge is 2.24. The minimum atomic E-state index is -0.881. The highest BCUT2D eigenvalue weighted by Crippen LogP contribution is 2.28. The van der Waals surface area contributed by atoms with E-state index in [0.717, 1.165) is 11.3 Å². The molecule has 0 unspecified atom stereocenters. The summed E-state index contributed by atoms with van der Waals surface area (Å²) in [5.41, 5.74) is 2.51. The zero-order valence-corrected chi connectivity index (χ0v) is 16.5. The summed E-state index contributed by atoms with van der Waals surface area (Å²) in [5.74, 6) is -0.434. The fourth-order valence-electron chi connectivity index (χ4n) is 2.37. The molecule has 27 heavy (non-hydrogen) atoms. The number of aromatic nitrogens is 5. The molecule has 0 aliphatic heterocycles. The molecule has 2 heterocycles. The third-order valence-corrected chi connectivity index (χ3v) is 5.65. The number of nitrogens with zero attached hydrogens (tertiary/aromatic N) is 6. The molecule has 0 aliphatic rings. The summed E-state index contributed by atoms with van der Waals surface area (Å²) in [7, 11) is 1.57. The van der Waals surface area contributed by atoms with Crippen LogP contribution in [0.3, 0.4) is 0 Å². The Kier molecular flexibility index (Phi) is 5.83. The topological polar surface area (TPSA) is 107 Å². The number of Topliss-reactive ketones (excluding diaryl/α,β-unsaturated/α-hetero) is 1. The summed E-state index contributed by atoms with van der Waals surface area (Å²) in [6, 6.07) is 7.70. The zero-order chi connectivity index (χ0) is 19.4. The number of hydrogen-bond donors (Lipinski definition) is 0. The summed E-state index contributed by atoms with van der Waals surface area (Å²) < 4.78 is 6.90. The van der Waals surface area contributed by atoms with Crippen LogP contribution in [0.4, 0.5) is 0 Å². The van der Waals surface area contributed by atoms with Crippen molar-refractivity contribution in [2.75, 3.05) is 12.9 Å². The van der Waals surface area contributed by atoms with Crippen molar-refractivity contribution >= 4 is 28.9 Å². The lowest BCUT2D eigenvalue weighted by Crippen LogP contribution is -2.14. The molecule has 138 valence electrons. The van der Waals surface area contributed by atoms with Crippen LogP contribution >= 0.6 is 23.1 Å². The number of methoxy groups -OCH3 is 1. The van der Waals surface area contributed by atoms with Crippen molar-refractivity contribution in [2.45, 2.75) is 24.9 Å². The molecule has 0 N–H and O–H groups in total. The van der Waals surface area contributed by atoms with Crippen molar-refractivity contribution in [3.05, 3.63) is 39.8 Å². The fraction of sp³-hybridized carbons (Fsp3) is 0.294. The third kappa shape index (κ3) is 4.15. The van der Waals surface area contributed by atoms with Crippen LogP contribution in [0.2, 0.25) is 0 Å². The average Bonchev–Trinajstić information content (AvgIpc) is 3.29. The molecular weight excluding hydrogens is 384 g/mol. The second-order valence-corrected chi connectivity index (χ2v) is 7.52. The van der Waals surface area contributed by atoms with Crippen LogP contribution in [-0.2, 0) is 4.79 Å². The lowest BCUT2D eigenvalue weighted by molar-refractivity contribution is -0.116. The van der Waals surface area contributed by atoms with Crippen LogP contribution < -0.4 is 4.74 Å². The van der Waals surface area contributed by atoms with E-state index in [9.17, 15) is 10.1 Å². The first-order valence-corrected chi connectivity index (χ1v) is 9.80. The highest BCUT2D eigenvalue weighted by atomic mass is 32.2. The lowest BCUT2D eigenvalue weighted by Gasteiger charge is -2.10. The van der Waals surface area contributed by atoms with E-state index in [-0.39, 0.29) is 11.5 Å². The maximum atomic E-state index is 12.5. The molecule has 8 nitrogen and oxygen atoms in total. The molecule has 2 aromatic heterocycles. The number of aryl methyl sites for hydroxylation is 2. The van der Waals surface area contributed by atoms with Crippen LogP contribution in [0.1, 0.15) is 22.2 Å². The maximum absolute atomic E-state index is 12.5. The van der Waals surface area contributed by atoms with Gasteiger partial charge in [-0.05, 0) is 42.0 Å². The van der Waals surface area contributed by atoms with Crippen molar-refractivity contribution < 1.29 is 9.53 Å². The van der Waals surface area contributed by atoms with E-state index < -0.39 is 5.92 Å². The Morgan fingerprint density at radius 1 is 1.44 bits per heavy atom. The van der Waals surface area contributed by atoms with Gasteiger partial charge in [0.15, 0.2) is 11.7 Å². The molecule has 10 heteroatoms. The molecule has 0 aliphatic carbocycles. The first-order chi connectivity index (χ1) is 13.0. The van der Waals surface area contributed by atoms with Gasteiger partial charge in [0.2, 0.25) is 5.16 Å². The largest absolute Gasteiger partial charge is 0.494 e. The van der Waals surface area contributed by atoms with E-state index in [1.165, 1.54) is 27.8 Å². The van der Waals surface area contributed by atoms with Crippen molar-refractivity contribution in [3.63, 3.8) is 0 Å². The van der Waals surface area contributed by atoms with E-state index in [1.54, 1.807) is 7.11 Å². The Morgan fingerprint density at radius 3 is 2.93 bits per heavy atom. The van der Waals surface area contributed by atoms with E-state index in [1.807, 2.05) is 43.5 Å². The van der Waals surface area contributed by atoms with Crippen molar-refractivity contribution in [1.82, 2.24) is 25.2 Å². The third-order valence-electron chi connectivity index (χ3n) is 3.68. The molecule has 0 saturated carbocycles. The van der Waals surface area contributed by atoms with E-state index in [0.29, 0.717) is 21.6 Å². The summed E-state index contributed by atoms with van der Waals surface area (Å²) in [4.78, 5) is 16.8. The number of ether oxygens (including phenoxy) is 1. The fourth-order valence-corrected chi connectivity index (χ4v) is 4.02. The highest BCUT2D eigenvalue weighted by molar-refractivity contribution is 7.99. The van der Waals surface area contributed by atoms with Gasteiger partial charge >= 0.3 is 0 Å². The molecule has 1 atom stereocenters. The van der Waals surface area contributed by atoms with Crippen LogP contribution in [0, 0.1) is 25.2 Å². The lowest BCUT2D eigenvalue weighted by atomic mass is 10.1. The van der Waals surface area contributed by atoms with Crippen LogP contribution in [0.25, 0.3) is 5.69 Å².